The van der Waals surface area contributed by atoms with Crippen molar-refractivity contribution in [2.75, 3.05) is 0 Å². The van der Waals surface area contributed by atoms with Gasteiger partial charge in [-0.15, -0.1) is 22.3 Å². The SMILES string of the molecule is CCCc1[c-]c[c-]c(C2CCCC3c4[c-]cc(C)c(c4)C4CCCC(c5cc(CCC)c(C)cc5C)c5cc(c(C)cc5C)[C@@H]5CCC[C@H](c6c[c-]cc(C)c6)c6cc([c-]cc6C)[C@H](C6=C[C-]=C(C)CC6)CCC[C@H](c6[c-]c[c-]c2c6)c2[c-]c[c-]c(c2)[C@@H](CCC[C@H](c2cc(C)c[c-]c24)c2cc5c(C)cc2C)c2c[c-]cc(C)c23)c1.[OH-].[OH-].[OH-].[OH-].[OH-].[OH-].[OH-].[OH-].[OH-].[OH-].[OH-].[OH-].[Rb+].[Rb+].[Rb+].[Rb+].[Rb+].[Rb+].[Rb+].[Rb+].[Rb+].[Rb+].[Rb+].[Rb+]. The Morgan fingerprint density at radius 3 is 1.10 bits per heavy atom. The molecule has 12 nitrogen and oxygen atoms in total. The van der Waals surface area contributed by atoms with Gasteiger partial charge in [-0.25, -0.2) is 11.6 Å². The molecule has 10 atom stereocenters. The van der Waals surface area contributed by atoms with E-state index in [2.05, 4.69) is 315 Å². The van der Waals surface area contributed by atoms with Crippen LogP contribution in [0.3, 0.4) is 0 Å². The van der Waals surface area contributed by atoms with Crippen molar-refractivity contribution in [3.63, 3.8) is 0 Å². The molecule has 0 amide bonds. The van der Waals surface area contributed by atoms with Crippen LogP contribution in [-0.4, -0.2) is 65.7 Å². The number of hydrogen-bond acceptors (Lipinski definition) is 12. The van der Waals surface area contributed by atoms with E-state index in [1.807, 2.05) is 0 Å². The van der Waals surface area contributed by atoms with Gasteiger partial charge >= 0.3 is 698 Å². The standard InChI is InChI=1S/C115H118.12H2O.12Rb/c1-15-27-84-31-19-33-88(64-84)96-40-23-43-100-94-57-53-76(7)108(69-94)101-44-26-46-102(109-67-86(28-16-2)78(9)61-79(109)10)110-70-111(81(12)62-80(110)11)103-45-25-42-99(87-32-17-29-73(4)59-87)107-68-93(56-52-75(107)6)95(85-54-49-72(3)50-55-85)38-22-39-97(90-35-20-34-89(96)65-90)91-36-21-37-92(66-91)98(106-48-18-30-77(8)115(100)106)41-24-47-104(114-60-74(5)51-58-105(101)114)113-71-112(103)82(13)63-83(113)14;;;;;;;;;;;;;;;;;;;;;;;;/h19-21,29-30,32,48,51-53,55,59-71,95-104H,15-16,22-28,38-47,49,54H2,1-14H3;12*1H2;;;;;;;;;;;;/q-12;;;;;;;;;;;;;12*+1/p-12/t95-,96?,97+,98+,99+,100?,101?,102?,103-,104-;;;;;;;;;;;;;;;;;;;;;;;;/m0......................../s1. The van der Waals surface area contributed by atoms with Gasteiger partial charge in [-0.1, -0.05) is 211 Å². The summed E-state index contributed by atoms with van der Waals surface area (Å²) in [5, 5.41) is 0. The summed E-state index contributed by atoms with van der Waals surface area (Å²) in [5.41, 5.74) is 46.3. The van der Waals surface area contributed by atoms with Gasteiger partial charge in [0.05, 0.1) is 0 Å². The van der Waals surface area contributed by atoms with Crippen molar-refractivity contribution in [1.82, 2.24) is 0 Å². The first kappa shape index (κ1) is 169. The summed E-state index contributed by atoms with van der Waals surface area (Å²) in [7, 11) is 0. The van der Waals surface area contributed by atoms with Crippen LogP contribution in [0.25, 0.3) is 0 Å². The maximum atomic E-state index is 4.29. The summed E-state index contributed by atoms with van der Waals surface area (Å²) < 4.78 is 0. The Hall–Kier alpha value is 12.1. The molecule has 12 N–H and O–H groups in total. The number of hydrogen-bond donors (Lipinski definition) is 0. The van der Waals surface area contributed by atoms with Crippen LogP contribution in [0.5, 0.6) is 0 Å². The Labute approximate surface area is 1420 Å². The summed E-state index contributed by atoms with van der Waals surface area (Å²) in [6.45, 7) is 33.2. The van der Waals surface area contributed by atoms with Crippen LogP contribution in [-0.2, 0) is 12.8 Å². The van der Waals surface area contributed by atoms with Gasteiger partial charge in [-0.05, 0) is 171 Å². The Balaban J connectivity index is -0.00000101. The van der Waals surface area contributed by atoms with Crippen LogP contribution in [0.2, 0.25) is 0 Å². The summed E-state index contributed by atoms with van der Waals surface area (Å²) in [6.07, 6.45) is 27.2. The molecule has 0 aromatic heterocycles. The molecule has 18 bridgehead atoms. The van der Waals surface area contributed by atoms with E-state index in [0.717, 1.165) is 135 Å². The second kappa shape index (κ2) is 82.5. The first-order valence-corrected chi connectivity index (χ1v) is 44.3. The average molecular weight is 2730 g/mol. The molecule has 0 aliphatic heterocycles. The molecule has 0 radical (unpaired) electrons. The molecule has 4 unspecified atom stereocenters. The fourth-order valence-corrected chi connectivity index (χ4v) is 22.1. The molecule has 0 spiro atoms. The third-order valence-electron chi connectivity index (χ3n) is 28.1. The molecule has 686 valence electrons. The summed E-state index contributed by atoms with van der Waals surface area (Å²) in [5.74, 6) is 0.847. The van der Waals surface area contributed by atoms with Crippen LogP contribution in [0, 0.1) is 149 Å². The van der Waals surface area contributed by atoms with E-state index >= 15 is 0 Å². The van der Waals surface area contributed by atoms with Gasteiger partial charge in [0.1, 0.15) is 0 Å². The molecule has 11 aromatic carbocycles. The maximum absolute atomic E-state index is 4.29. The Morgan fingerprint density at radius 2 is 0.626 bits per heavy atom. The largest absolute Gasteiger partial charge is 1.00 e. The predicted octanol–water partition coefficient (Wildman–Crippen LogP) is -8.94. The summed E-state index contributed by atoms with van der Waals surface area (Å²) >= 11 is 0. The van der Waals surface area contributed by atoms with Crippen LogP contribution < -0.4 is 698 Å². The number of aryl methyl sites for hydroxylation is 13. The number of benzene rings is 11. The van der Waals surface area contributed by atoms with Gasteiger partial charge in [0.15, 0.2) is 0 Å². The van der Waals surface area contributed by atoms with E-state index in [1.54, 1.807) is 0 Å². The number of rotatable bonds is 8. The molecular formula is C115H130O12Rb12-12. The van der Waals surface area contributed by atoms with E-state index in [4.69, 9.17) is 0 Å². The van der Waals surface area contributed by atoms with Gasteiger partial charge in [-0.3, -0.25) is 57.7 Å². The molecule has 139 heavy (non-hydrogen) atoms. The monoisotopic (exact) mass is 2720 g/mol. The van der Waals surface area contributed by atoms with Crippen molar-refractivity contribution in [3.05, 3.63) is 408 Å². The Morgan fingerprint density at radius 1 is 0.252 bits per heavy atom. The molecule has 16 rings (SSSR count). The van der Waals surface area contributed by atoms with Crippen molar-refractivity contribution in [2.24, 2.45) is 0 Å². The van der Waals surface area contributed by atoms with Crippen molar-refractivity contribution in [3.8, 4) is 0 Å². The smallest absolute Gasteiger partial charge is 0.870 e. The first-order valence-electron chi connectivity index (χ1n) is 44.3. The van der Waals surface area contributed by atoms with Crippen LogP contribution in [0.4, 0.5) is 0 Å². The molecule has 0 fully saturated rings. The van der Waals surface area contributed by atoms with E-state index in [9.17, 15) is 0 Å². The van der Waals surface area contributed by atoms with Crippen LogP contribution in [0.1, 0.15) is 380 Å². The van der Waals surface area contributed by atoms with Gasteiger partial charge in [0, 0.05) is 11.8 Å². The van der Waals surface area contributed by atoms with E-state index < -0.39 is 0 Å². The molecular weight excluding hydrogens is 2600 g/mol. The van der Waals surface area contributed by atoms with Crippen LogP contribution >= 0.6 is 0 Å². The topological polar surface area (TPSA) is 360 Å². The zero-order chi connectivity index (χ0) is 79.7. The minimum atomic E-state index is -0.00151. The number of fused-ring (bicyclic) bond motifs is 14. The van der Waals surface area contributed by atoms with Crippen molar-refractivity contribution in [1.29, 1.82) is 0 Å². The van der Waals surface area contributed by atoms with E-state index in [-0.39, 0.29) is 823 Å². The summed E-state index contributed by atoms with van der Waals surface area (Å²) in [6, 6.07) is 100.0. The fourth-order valence-electron chi connectivity index (χ4n) is 22.1. The number of allylic oxidation sites excluding steroid dienone is 4. The maximum Gasteiger partial charge on any atom is 1.00 e. The molecule has 0 saturated heterocycles. The van der Waals surface area contributed by atoms with Gasteiger partial charge in [0.2, 0.25) is 0 Å². The molecule has 0 heterocycles. The van der Waals surface area contributed by atoms with E-state index in [1.165, 1.54) is 189 Å². The Kier molecular flexibility index (Phi) is 100. The third-order valence-corrected chi connectivity index (χ3v) is 28.1. The normalized spacial score (nSPS) is 18.2. The second-order valence-corrected chi connectivity index (χ2v) is 36.1. The molecule has 5 aliphatic carbocycles. The summed E-state index contributed by atoms with van der Waals surface area (Å²) in [4.78, 5) is 0. The molecule has 5 aliphatic rings. The van der Waals surface area contributed by atoms with Crippen molar-refractivity contribution in [2.45, 2.75) is 291 Å². The predicted molar refractivity (Wildman–Crippen MR) is 500 cm³/mol. The van der Waals surface area contributed by atoms with Crippen molar-refractivity contribution < 1.29 is 764 Å². The minimum absolute atomic E-state index is 0. The molecule has 11 aromatic rings. The fraction of sp³-hybridized carbons (Fsp3) is 0.391. The van der Waals surface area contributed by atoms with Gasteiger partial charge < -0.3 is 120 Å². The van der Waals surface area contributed by atoms with E-state index in [0.29, 0.717) is 0 Å². The zero-order valence-corrected chi connectivity index (χ0v) is 148. The molecule has 24 heteroatoms. The minimum Gasteiger partial charge on any atom is -0.870 e. The van der Waals surface area contributed by atoms with Crippen LogP contribution in [0.15, 0.2) is 157 Å². The van der Waals surface area contributed by atoms with Gasteiger partial charge in [-0.2, -0.15) is 158 Å². The average Bonchev–Trinajstić information content (AvgIpc) is 1.69. The third kappa shape index (κ3) is 42.3. The Bertz CT molecular complexity index is 5550. The second-order valence-electron chi connectivity index (χ2n) is 36.1. The zero-order valence-electron chi connectivity index (χ0n) is 88.8. The first-order chi connectivity index (χ1) is 55.9. The van der Waals surface area contributed by atoms with Crippen molar-refractivity contribution >= 4 is 0 Å². The quantitative estimate of drug-likeness (QED) is 0.128. The molecule has 0 saturated carbocycles. The van der Waals surface area contributed by atoms with Gasteiger partial charge in [0.25, 0.3) is 0 Å².